The van der Waals surface area contributed by atoms with Crippen LogP contribution in [0.5, 0.6) is 11.5 Å². The lowest BCUT2D eigenvalue weighted by Gasteiger charge is -2.27. The maximum atomic E-state index is 13.5. The third kappa shape index (κ3) is 5.00. The number of benzene rings is 2. The van der Waals surface area contributed by atoms with Crippen molar-refractivity contribution in [2.24, 2.45) is 0 Å². The topological polar surface area (TPSA) is 94.8 Å². The molecule has 1 aromatic heterocycles. The molecule has 8 nitrogen and oxygen atoms in total. The van der Waals surface area contributed by atoms with E-state index in [1.54, 1.807) is 37.4 Å². The molecule has 0 saturated heterocycles. The Morgan fingerprint density at radius 1 is 1.13 bits per heavy atom. The smallest absolute Gasteiger partial charge is 0.247 e. The van der Waals surface area contributed by atoms with Gasteiger partial charge in [-0.2, -0.15) is 9.29 Å². The molecule has 0 fully saturated rings. The average Bonchev–Trinajstić information content (AvgIpc) is 3.25. The van der Waals surface area contributed by atoms with Crippen LogP contribution in [-0.2, 0) is 16.6 Å². The summed E-state index contributed by atoms with van der Waals surface area (Å²) in [5.74, 6) is 1.45. The molecule has 31 heavy (non-hydrogen) atoms. The fraction of sp³-hybridized carbons (Fsp3) is 0.333. The molecule has 0 N–H and O–H groups in total. The van der Waals surface area contributed by atoms with Gasteiger partial charge in [-0.1, -0.05) is 23.7 Å². The molecule has 166 valence electrons. The second-order valence-electron chi connectivity index (χ2n) is 6.84. The molecular weight excluding hydrogens is 442 g/mol. The van der Waals surface area contributed by atoms with Crippen LogP contribution in [0.15, 0.2) is 51.9 Å². The summed E-state index contributed by atoms with van der Waals surface area (Å²) in [6.07, 6.45) is 0.585. The summed E-state index contributed by atoms with van der Waals surface area (Å²) in [6.45, 7) is 3.63. The Labute approximate surface area is 186 Å². The van der Waals surface area contributed by atoms with Crippen LogP contribution < -0.4 is 9.47 Å². The van der Waals surface area contributed by atoms with E-state index in [4.69, 9.17) is 25.6 Å². The first kappa shape index (κ1) is 23.1. The molecule has 0 bridgehead atoms. The number of aromatic nitrogens is 2. The van der Waals surface area contributed by atoms with Crippen molar-refractivity contribution in [1.29, 1.82) is 0 Å². The zero-order chi connectivity index (χ0) is 22.6. The molecule has 0 radical (unpaired) electrons. The molecule has 0 spiro atoms. The predicted octanol–water partition coefficient (Wildman–Crippen LogP) is 4.40. The summed E-state index contributed by atoms with van der Waals surface area (Å²) in [5.41, 5.74) is 0.727. The van der Waals surface area contributed by atoms with Gasteiger partial charge in [0.05, 0.1) is 20.8 Å². The first-order chi connectivity index (χ1) is 14.8. The van der Waals surface area contributed by atoms with Gasteiger partial charge in [-0.3, -0.25) is 0 Å². The lowest BCUT2D eigenvalue weighted by molar-refractivity contribution is 0.271. The predicted molar refractivity (Wildman–Crippen MR) is 117 cm³/mol. The van der Waals surface area contributed by atoms with Gasteiger partial charge in [0.25, 0.3) is 0 Å². The molecule has 0 amide bonds. The van der Waals surface area contributed by atoms with E-state index in [-0.39, 0.29) is 29.1 Å². The highest BCUT2D eigenvalue weighted by Gasteiger charge is 2.33. The van der Waals surface area contributed by atoms with E-state index in [1.165, 1.54) is 23.5 Å². The van der Waals surface area contributed by atoms with Gasteiger partial charge in [-0.25, -0.2) is 8.42 Å². The van der Waals surface area contributed by atoms with E-state index in [0.717, 1.165) is 5.56 Å². The van der Waals surface area contributed by atoms with Crippen LogP contribution in [0.3, 0.4) is 0 Å². The Bertz CT molecular complexity index is 1130. The molecule has 0 aliphatic carbocycles. The Morgan fingerprint density at radius 2 is 1.84 bits per heavy atom. The molecule has 1 heterocycles. The second-order valence-corrected chi connectivity index (χ2v) is 9.14. The molecule has 0 aliphatic heterocycles. The van der Waals surface area contributed by atoms with Crippen molar-refractivity contribution in [3.63, 3.8) is 0 Å². The SMILES string of the molecule is CC[C@@H](C)N(Cc1nc(-c2ccc(OC)cc2)no1)S(=O)(=O)c1cc(Cl)ccc1OC. The minimum Gasteiger partial charge on any atom is -0.497 e. The summed E-state index contributed by atoms with van der Waals surface area (Å²) in [4.78, 5) is 4.36. The van der Waals surface area contributed by atoms with Gasteiger partial charge in [-0.15, -0.1) is 0 Å². The van der Waals surface area contributed by atoms with Crippen LogP contribution in [0.4, 0.5) is 0 Å². The van der Waals surface area contributed by atoms with Crippen molar-refractivity contribution in [2.75, 3.05) is 14.2 Å². The van der Waals surface area contributed by atoms with Gasteiger partial charge in [0.2, 0.25) is 21.7 Å². The van der Waals surface area contributed by atoms with Crippen LogP contribution in [0.25, 0.3) is 11.4 Å². The summed E-state index contributed by atoms with van der Waals surface area (Å²) in [5, 5.41) is 4.28. The summed E-state index contributed by atoms with van der Waals surface area (Å²) in [7, 11) is -0.965. The van der Waals surface area contributed by atoms with Gasteiger partial charge in [0.1, 0.15) is 16.4 Å². The Kier molecular flexibility index (Phi) is 7.19. The first-order valence-electron chi connectivity index (χ1n) is 9.62. The number of hydrogen-bond donors (Lipinski definition) is 0. The maximum absolute atomic E-state index is 13.5. The van der Waals surface area contributed by atoms with Crippen molar-refractivity contribution < 1.29 is 22.4 Å². The van der Waals surface area contributed by atoms with E-state index in [0.29, 0.717) is 23.0 Å². The van der Waals surface area contributed by atoms with Crippen molar-refractivity contribution in [3.05, 3.63) is 53.4 Å². The molecule has 3 rings (SSSR count). The molecule has 1 atom stereocenters. The number of sulfonamides is 1. The van der Waals surface area contributed by atoms with Gasteiger partial charge < -0.3 is 14.0 Å². The van der Waals surface area contributed by atoms with Gasteiger partial charge in [0.15, 0.2) is 0 Å². The summed E-state index contributed by atoms with van der Waals surface area (Å²) < 4.78 is 44.1. The molecule has 0 aliphatic rings. The lowest BCUT2D eigenvalue weighted by atomic mass is 10.2. The van der Waals surface area contributed by atoms with Crippen molar-refractivity contribution in [2.45, 2.75) is 37.8 Å². The number of ether oxygens (including phenoxy) is 2. The fourth-order valence-electron chi connectivity index (χ4n) is 2.97. The standard InChI is InChI=1S/C21H24ClN3O5S/c1-5-14(2)25(31(26,27)19-12-16(22)8-11-18(19)29-4)13-20-23-21(24-30-20)15-6-9-17(28-3)10-7-15/h6-12,14H,5,13H2,1-4H3/t14-/m1/s1. The molecular formula is C21H24ClN3O5S. The minimum absolute atomic E-state index is 0.0160. The van der Waals surface area contributed by atoms with Crippen molar-refractivity contribution >= 4 is 21.6 Å². The minimum atomic E-state index is -3.96. The molecule has 3 aromatic rings. The number of hydrogen-bond acceptors (Lipinski definition) is 7. The maximum Gasteiger partial charge on any atom is 0.247 e. The third-order valence-corrected chi connectivity index (χ3v) is 7.12. The summed E-state index contributed by atoms with van der Waals surface area (Å²) >= 11 is 6.06. The normalized spacial score (nSPS) is 12.7. The highest BCUT2D eigenvalue weighted by molar-refractivity contribution is 7.89. The van der Waals surface area contributed by atoms with Crippen LogP contribution in [0.2, 0.25) is 5.02 Å². The molecule has 10 heteroatoms. The van der Waals surface area contributed by atoms with E-state index >= 15 is 0 Å². The van der Waals surface area contributed by atoms with Crippen LogP contribution in [0.1, 0.15) is 26.2 Å². The number of halogens is 1. The number of rotatable bonds is 9. The lowest BCUT2D eigenvalue weighted by Crippen LogP contribution is -2.38. The van der Waals surface area contributed by atoms with Gasteiger partial charge in [0, 0.05) is 16.6 Å². The van der Waals surface area contributed by atoms with Gasteiger partial charge in [-0.05, 0) is 55.8 Å². The summed E-state index contributed by atoms with van der Waals surface area (Å²) in [6, 6.07) is 11.3. The monoisotopic (exact) mass is 465 g/mol. The zero-order valence-electron chi connectivity index (χ0n) is 17.7. The zero-order valence-corrected chi connectivity index (χ0v) is 19.3. The van der Waals surface area contributed by atoms with Crippen LogP contribution in [0, 0.1) is 0 Å². The second kappa shape index (κ2) is 9.67. The highest BCUT2D eigenvalue weighted by Crippen LogP contribution is 2.32. The highest BCUT2D eigenvalue weighted by atomic mass is 35.5. The molecule has 2 aromatic carbocycles. The Balaban J connectivity index is 1.94. The van der Waals surface area contributed by atoms with E-state index < -0.39 is 10.0 Å². The largest absolute Gasteiger partial charge is 0.497 e. The van der Waals surface area contributed by atoms with E-state index in [9.17, 15) is 8.42 Å². The average molecular weight is 466 g/mol. The quantitative estimate of drug-likeness (QED) is 0.462. The third-order valence-electron chi connectivity index (χ3n) is 4.90. The molecule has 0 saturated carbocycles. The van der Waals surface area contributed by atoms with E-state index in [1.807, 2.05) is 13.8 Å². The molecule has 0 unspecified atom stereocenters. The first-order valence-corrected chi connectivity index (χ1v) is 11.4. The van der Waals surface area contributed by atoms with Crippen LogP contribution >= 0.6 is 11.6 Å². The van der Waals surface area contributed by atoms with Gasteiger partial charge >= 0.3 is 0 Å². The fourth-order valence-corrected chi connectivity index (χ4v) is 5.04. The van der Waals surface area contributed by atoms with Crippen molar-refractivity contribution in [3.8, 4) is 22.9 Å². The van der Waals surface area contributed by atoms with Crippen LogP contribution in [-0.4, -0.2) is 43.1 Å². The van der Waals surface area contributed by atoms with E-state index in [2.05, 4.69) is 10.1 Å². The van der Waals surface area contributed by atoms with Crippen molar-refractivity contribution in [1.82, 2.24) is 14.4 Å². The Morgan fingerprint density at radius 3 is 2.45 bits per heavy atom. The number of nitrogens with zero attached hydrogens (tertiary/aromatic N) is 3. The Hall–Kier alpha value is -2.62. The number of methoxy groups -OCH3 is 2.